The lowest BCUT2D eigenvalue weighted by molar-refractivity contribution is -0.125. The molecule has 1 aliphatic rings. The van der Waals surface area contributed by atoms with Crippen LogP contribution in [0.4, 0.5) is 5.82 Å². The monoisotopic (exact) mass is 501 g/mol. The molecule has 3 aromatic rings. The van der Waals surface area contributed by atoms with Gasteiger partial charge in [-0.3, -0.25) is 9.52 Å². The van der Waals surface area contributed by atoms with E-state index in [0.717, 1.165) is 29.1 Å². The predicted molar refractivity (Wildman–Crippen MR) is 143 cm³/mol. The van der Waals surface area contributed by atoms with Gasteiger partial charge in [-0.2, -0.15) is 0 Å². The molecule has 9 heteroatoms. The van der Waals surface area contributed by atoms with E-state index in [9.17, 15) is 4.79 Å². The number of pyridine rings is 1. The zero-order chi connectivity index (χ0) is 23.1. The molecule has 1 aliphatic heterocycles. The van der Waals surface area contributed by atoms with E-state index in [4.69, 9.17) is 14.5 Å². The predicted octanol–water partition coefficient (Wildman–Crippen LogP) is 3.41. The van der Waals surface area contributed by atoms with Crippen molar-refractivity contribution in [2.45, 2.75) is 24.8 Å². The van der Waals surface area contributed by atoms with Gasteiger partial charge in [0.2, 0.25) is 5.91 Å². The van der Waals surface area contributed by atoms with E-state index in [1.807, 2.05) is 48.7 Å². The van der Waals surface area contributed by atoms with E-state index in [1.54, 1.807) is 19.1 Å². The SMILES string of the molecule is COc1ccc(C2(C(=O)Nc3cccc(-c4ccc(CNSC)cc4)n3)CCOCC2)cc1.O.O.[HH]. The number of methoxy groups -OCH3 is 1. The number of ether oxygens (including phenoxy) is 2. The van der Waals surface area contributed by atoms with E-state index < -0.39 is 5.41 Å². The molecule has 35 heavy (non-hydrogen) atoms. The van der Waals surface area contributed by atoms with Crippen LogP contribution in [0.25, 0.3) is 11.3 Å². The van der Waals surface area contributed by atoms with Crippen LogP contribution in [-0.4, -0.2) is 48.4 Å². The highest BCUT2D eigenvalue weighted by atomic mass is 32.2. The zero-order valence-electron chi connectivity index (χ0n) is 20.0. The van der Waals surface area contributed by atoms with Crippen LogP contribution < -0.4 is 14.8 Å². The van der Waals surface area contributed by atoms with Crippen molar-refractivity contribution in [3.05, 3.63) is 77.9 Å². The van der Waals surface area contributed by atoms with Gasteiger partial charge in [-0.1, -0.05) is 54.4 Å². The van der Waals surface area contributed by atoms with Crippen LogP contribution in [0.15, 0.2) is 66.7 Å². The summed E-state index contributed by atoms with van der Waals surface area (Å²) >= 11 is 1.60. The standard InChI is InChI=1S/C26H29N3O3S.2H2O.H2/c1-31-22-12-10-21(11-13-22)26(14-16-32-17-15-26)25(30)29-24-5-3-4-23(28-24)20-8-6-19(7-9-20)18-27-33-2;;;/h3-13,27H,14-18H2,1-2H3,(H,28,29,30);2*1H2;1H. The fourth-order valence-corrected chi connectivity index (χ4v) is 4.44. The van der Waals surface area contributed by atoms with Crippen molar-refractivity contribution in [1.29, 1.82) is 0 Å². The quantitative estimate of drug-likeness (QED) is 0.454. The Hall–Kier alpha value is -2.95. The third-order valence-corrected chi connectivity index (χ3v) is 6.52. The van der Waals surface area contributed by atoms with Crippen LogP contribution in [0.1, 0.15) is 25.4 Å². The number of carbonyl (C=O) groups excluding carboxylic acids is 1. The molecule has 0 bridgehead atoms. The van der Waals surface area contributed by atoms with Gasteiger partial charge in [0, 0.05) is 26.7 Å². The Morgan fingerprint density at radius 1 is 1.06 bits per heavy atom. The number of amides is 1. The van der Waals surface area contributed by atoms with Crippen LogP contribution >= 0.6 is 11.9 Å². The second-order valence-corrected chi connectivity index (χ2v) is 8.70. The maximum absolute atomic E-state index is 13.6. The van der Waals surface area contributed by atoms with E-state index in [1.165, 1.54) is 5.56 Å². The molecule has 1 saturated heterocycles. The van der Waals surface area contributed by atoms with Gasteiger partial charge < -0.3 is 25.7 Å². The summed E-state index contributed by atoms with van der Waals surface area (Å²) in [6, 6.07) is 21.8. The van der Waals surface area contributed by atoms with Crippen LogP contribution in [-0.2, 0) is 21.5 Å². The topological polar surface area (TPSA) is 135 Å². The molecule has 0 atom stereocenters. The van der Waals surface area contributed by atoms with Crippen molar-refractivity contribution in [1.82, 2.24) is 9.71 Å². The minimum Gasteiger partial charge on any atom is -0.497 e. The first-order valence-electron chi connectivity index (χ1n) is 11.0. The van der Waals surface area contributed by atoms with Crippen molar-refractivity contribution in [2.24, 2.45) is 0 Å². The maximum atomic E-state index is 13.6. The number of nitrogens with zero attached hydrogens (tertiary/aromatic N) is 1. The average Bonchev–Trinajstić information content (AvgIpc) is 2.88. The molecule has 1 fully saturated rings. The highest BCUT2D eigenvalue weighted by Crippen LogP contribution is 2.37. The average molecular weight is 502 g/mol. The number of hydrogen-bond acceptors (Lipinski definition) is 6. The van der Waals surface area contributed by atoms with Crippen LogP contribution in [0.2, 0.25) is 0 Å². The molecule has 1 aromatic heterocycles. The Balaban J connectivity index is 0.00000216. The normalized spacial score (nSPS) is 14.2. The first-order chi connectivity index (χ1) is 16.1. The van der Waals surface area contributed by atoms with Gasteiger partial charge in [0.1, 0.15) is 11.6 Å². The summed E-state index contributed by atoms with van der Waals surface area (Å²) in [5.74, 6) is 1.26. The molecule has 0 radical (unpaired) electrons. The molecule has 4 rings (SSSR count). The Bertz CT molecular complexity index is 1080. The number of anilines is 1. The van der Waals surface area contributed by atoms with Crippen LogP contribution in [0.5, 0.6) is 5.75 Å². The number of carbonyl (C=O) groups is 1. The first kappa shape index (κ1) is 28.3. The molecule has 0 saturated carbocycles. The van der Waals surface area contributed by atoms with E-state index in [2.05, 4.69) is 34.3 Å². The third-order valence-electron chi connectivity index (χ3n) is 6.08. The molecular weight excluding hydrogens is 466 g/mol. The van der Waals surface area contributed by atoms with E-state index >= 15 is 0 Å². The summed E-state index contributed by atoms with van der Waals surface area (Å²) in [5.41, 5.74) is 3.35. The molecule has 2 heterocycles. The summed E-state index contributed by atoms with van der Waals surface area (Å²) in [4.78, 5) is 18.3. The summed E-state index contributed by atoms with van der Waals surface area (Å²) in [7, 11) is 1.64. The van der Waals surface area contributed by atoms with Gasteiger partial charge in [-0.15, -0.1) is 0 Å². The van der Waals surface area contributed by atoms with Gasteiger partial charge in [0.05, 0.1) is 18.2 Å². The zero-order valence-corrected chi connectivity index (χ0v) is 20.8. The second kappa shape index (κ2) is 13.2. The highest BCUT2D eigenvalue weighted by molar-refractivity contribution is 7.96. The van der Waals surface area contributed by atoms with Crippen molar-refractivity contribution in [3.8, 4) is 17.0 Å². The maximum Gasteiger partial charge on any atom is 0.236 e. The van der Waals surface area contributed by atoms with Crippen molar-refractivity contribution >= 4 is 23.7 Å². The number of benzene rings is 2. The lowest BCUT2D eigenvalue weighted by atomic mass is 9.73. The van der Waals surface area contributed by atoms with Gasteiger partial charge in [0.25, 0.3) is 0 Å². The molecule has 1 amide bonds. The van der Waals surface area contributed by atoms with Crippen molar-refractivity contribution in [3.63, 3.8) is 0 Å². The highest BCUT2D eigenvalue weighted by Gasteiger charge is 2.42. The fraction of sp³-hybridized carbons (Fsp3) is 0.308. The van der Waals surface area contributed by atoms with Crippen molar-refractivity contribution < 1.29 is 26.6 Å². The molecule has 190 valence electrons. The smallest absolute Gasteiger partial charge is 0.236 e. The number of rotatable bonds is 8. The van der Waals surface area contributed by atoms with E-state index in [0.29, 0.717) is 31.9 Å². The minimum atomic E-state index is -0.659. The van der Waals surface area contributed by atoms with Gasteiger partial charge in [-0.25, -0.2) is 4.98 Å². The van der Waals surface area contributed by atoms with Crippen molar-refractivity contribution in [2.75, 3.05) is 31.9 Å². The van der Waals surface area contributed by atoms with E-state index in [-0.39, 0.29) is 18.3 Å². The Labute approximate surface area is 211 Å². The number of nitrogens with one attached hydrogen (secondary N) is 2. The molecule has 0 aliphatic carbocycles. The Morgan fingerprint density at radius 2 is 1.74 bits per heavy atom. The second-order valence-electron chi connectivity index (χ2n) is 8.01. The number of hydrogen-bond donors (Lipinski definition) is 2. The number of aromatic nitrogens is 1. The van der Waals surface area contributed by atoms with Crippen LogP contribution in [0.3, 0.4) is 0 Å². The first-order valence-corrected chi connectivity index (χ1v) is 12.2. The third kappa shape index (κ3) is 6.59. The molecule has 6 N–H and O–H groups in total. The van der Waals surface area contributed by atoms with Gasteiger partial charge in [-0.05, 0) is 54.5 Å². The molecule has 0 unspecified atom stereocenters. The van der Waals surface area contributed by atoms with Gasteiger partial charge >= 0.3 is 0 Å². The Morgan fingerprint density at radius 3 is 2.37 bits per heavy atom. The molecule has 0 spiro atoms. The largest absolute Gasteiger partial charge is 0.497 e. The summed E-state index contributed by atoms with van der Waals surface area (Å²) in [6.45, 7) is 1.90. The minimum absolute atomic E-state index is 0. The Kier molecular flexibility index (Phi) is 10.7. The molecule has 8 nitrogen and oxygen atoms in total. The summed E-state index contributed by atoms with van der Waals surface area (Å²) < 4.78 is 14.1. The lowest BCUT2D eigenvalue weighted by Gasteiger charge is -2.36. The summed E-state index contributed by atoms with van der Waals surface area (Å²) in [5, 5.41) is 3.08. The fourth-order valence-electron chi connectivity index (χ4n) is 4.13. The summed E-state index contributed by atoms with van der Waals surface area (Å²) in [6.07, 6.45) is 3.25. The molecule has 2 aromatic carbocycles. The molecular formula is C26H35N3O5S. The van der Waals surface area contributed by atoms with Crippen LogP contribution in [0, 0.1) is 0 Å². The lowest BCUT2D eigenvalue weighted by Crippen LogP contribution is -2.45. The van der Waals surface area contributed by atoms with Gasteiger partial charge in [0.15, 0.2) is 0 Å².